The van der Waals surface area contributed by atoms with Crippen molar-refractivity contribution in [2.75, 3.05) is 32.7 Å². The summed E-state index contributed by atoms with van der Waals surface area (Å²) in [4.78, 5) is 23.2. The molecular formula is C25H39N5O. The number of aromatic nitrogens is 3. The molecule has 31 heavy (non-hydrogen) atoms. The summed E-state index contributed by atoms with van der Waals surface area (Å²) in [5.74, 6) is 0.634. The van der Waals surface area contributed by atoms with Gasteiger partial charge in [0.1, 0.15) is 0 Å². The molecule has 3 heterocycles. The van der Waals surface area contributed by atoms with Crippen molar-refractivity contribution in [3.63, 3.8) is 0 Å². The van der Waals surface area contributed by atoms with Gasteiger partial charge in [0.05, 0.1) is 22.2 Å². The van der Waals surface area contributed by atoms with E-state index in [9.17, 15) is 4.79 Å². The summed E-state index contributed by atoms with van der Waals surface area (Å²) in [5.41, 5.74) is 3.78. The standard InChI is InChI=1S/C25H39N5O/c1-17-21-19(23(31)29-14-12-28(13-15-29)11-10-24(2,3)4)16-20(18-8-9-18)26-22(21)30(27-17)25(5,6)7/h16,18H,8-15H2,1-7H3. The molecule has 1 aliphatic heterocycles. The van der Waals surface area contributed by atoms with E-state index < -0.39 is 0 Å². The van der Waals surface area contributed by atoms with E-state index in [1.807, 2.05) is 16.5 Å². The minimum atomic E-state index is -0.180. The second kappa shape index (κ2) is 7.88. The average Bonchev–Trinajstić information content (AvgIpc) is 3.48. The molecular weight excluding hydrogens is 386 g/mol. The number of pyridine rings is 1. The number of nitrogens with zero attached hydrogens (tertiary/aromatic N) is 5. The van der Waals surface area contributed by atoms with Crippen molar-refractivity contribution in [2.24, 2.45) is 5.41 Å². The Balaban J connectivity index is 1.60. The molecule has 1 saturated carbocycles. The van der Waals surface area contributed by atoms with Crippen LogP contribution in [0.4, 0.5) is 0 Å². The van der Waals surface area contributed by atoms with Gasteiger partial charge in [0.25, 0.3) is 5.91 Å². The third kappa shape index (κ3) is 4.79. The molecule has 2 aliphatic rings. The SMILES string of the molecule is Cc1nn(C(C)(C)C)c2nc(C3CC3)cc(C(=O)N3CCN(CCC(C)(C)C)CC3)c12. The Hall–Kier alpha value is -1.95. The van der Waals surface area contributed by atoms with E-state index >= 15 is 0 Å². The molecule has 0 bridgehead atoms. The first kappa shape index (κ1) is 22.3. The Labute approximate surface area is 187 Å². The lowest BCUT2D eigenvalue weighted by molar-refractivity contribution is 0.0625. The Bertz CT molecular complexity index is 966. The molecule has 0 N–H and O–H groups in total. The molecule has 2 aromatic heterocycles. The first-order chi connectivity index (χ1) is 14.4. The van der Waals surface area contributed by atoms with Gasteiger partial charge in [-0.2, -0.15) is 5.10 Å². The van der Waals surface area contributed by atoms with E-state index in [2.05, 4.69) is 52.5 Å². The molecule has 1 saturated heterocycles. The minimum Gasteiger partial charge on any atom is -0.336 e. The van der Waals surface area contributed by atoms with Crippen LogP contribution in [0.25, 0.3) is 11.0 Å². The van der Waals surface area contributed by atoms with Gasteiger partial charge >= 0.3 is 0 Å². The predicted octanol–water partition coefficient (Wildman–Crippen LogP) is 4.57. The summed E-state index contributed by atoms with van der Waals surface area (Å²) in [5, 5.41) is 5.73. The second-order valence-electron chi connectivity index (χ2n) is 11.7. The first-order valence-electron chi connectivity index (χ1n) is 11.9. The minimum absolute atomic E-state index is 0.140. The van der Waals surface area contributed by atoms with E-state index in [1.165, 1.54) is 19.3 Å². The monoisotopic (exact) mass is 425 g/mol. The lowest BCUT2D eigenvalue weighted by Gasteiger charge is -2.36. The average molecular weight is 426 g/mol. The van der Waals surface area contributed by atoms with Crippen LogP contribution in [0, 0.1) is 12.3 Å². The van der Waals surface area contributed by atoms with Crippen molar-refractivity contribution in [1.82, 2.24) is 24.6 Å². The van der Waals surface area contributed by atoms with Crippen molar-refractivity contribution in [1.29, 1.82) is 0 Å². The smallest absolute Gasteiger partial charge is 0.254 e. The number of amides is 1. The molecule has 0 spiro atoms. The lowest BCUT2D eigenvalue weighted by Crippen LogP contribution is -2.49. The van der Waals surface area contributed by atoms with Crippen molar-refractivity contribution in [3.05, 3.63) is 23.0 Å². The lowest BCUT2D eigenvalue weighted by atomic mass is 9.92. The number of carbonyl (C=O) groups is 1. The normalized spacial score (nSPS) is 18.7. The maximum atomic E-state index is 13.7. The second-order valence-corrected chi connectivity index (χ2v) is 11.7. The molecule has 2 fully saturated rings. The number of piperazine rings is 1. The number of hydrogen-bond donors (Lipinski definition) is 0. The van der Waals surface area contributed by atoms with E-state index in [0.29, 0.717) is 11.3 Å². The molecule has 1 amide bonds. The van der Waals surface area contributed by atoms with Gasteiger partial charge in [0.15, 0.2) is 5.65 Å². The fourth-order valence-corrected chi connectivity index (χ4v) is 4.37. The van der Waals surface area contributed by atoms with Gasteiger partial charge in [0, 0.05) is 37.8 Å². The topological polar surface area (TPSA) is 54.3 Å². The van der Waals surface area contributed by atoms with Crippen molar-refractivity contribution in [2.45, 2.75) is 79.2 Å². The summed E-state index contributed by atoms with van der Waals surface area (Å²) in [6, 6.07) is 2.07. The van der Waals surface area contributed by atoms with Gasteiger partial charge in [0.2, 0.25) is 0 Å². The van der Waals surface area contributed by atoms with E-state index in [0.717, 1.165) is 60.7 Å². The van der Waals surface area contributed by atoms with Gasteiger partial charge in [-0.05, 0) is 65.0 Å². The van der Waals surface area contributed by atoms with Gasteiger partial charge in [-0.25, -0.2) is 9.67 Å². The largest absolute Gasteiger partial charge is 0.336 e. The van der Waals surface area contributed by atoms with Gasteiger partial charge < -0.3 is 4.90 Å². The number of aryl methyl sites for hydroxylation is 1. The fourth-order valence-electron chi connectivity index (χ4n) is 4.37. The Morgan fingerprint density at radius 3 is 2.26 bits per heavy atom. The molecule has 0 atom stereocenters. The van der Waals surface area contributed by atoms with E-state index in [1.54, 1.807) is 0 Å². The van der Waals surface area contributed by atoms with E-state index in [4.69, 9.17) is 10.1 Å². The van der Waals surface area contributed by atoms with Crippen molar-refractivity contribution >= 4 is 16.9 Å². The Morgan fingerprint density at radius 1 is 1.06 bits per heavy atom. The zero-order chi connectivity index (χ0) is 22.6. The van der Waals surface area contributed by atoms with Crippen LogP contribution in [-0.2, 0) is 5.54 Å². The summed E-state index contributed by atoms with van der Waals surface area (Å²) in [6.45, 7) is 19.9. The zero-order valence-electron chi connectivity index (χ0n) is 20.5. The van der Waals surface area contributed by atoms with Gasteiger partial charge in [-0.3, -0.25) is 9.69 Å². The fraction of sp³-hybridized carbons (Fsp3) is 0.720. The summed E-state index contributed by atoms with van der Waals surface area (Å²) >= 11 is 0. The third-order valence-electron chi connectivity index (χ3n) is 6.53. The maximum absolute atomic E-state index is 13.7. The zero-order valence-corrected chi connectivity index (χ0v) is 20.5. The quantitative estimate of drug-likeness (QED) is 0.720. The molecule has 0 aromatic carbocycles. The number of fused-ring (bicyclic) bond motifs is 1. The van der Waals surface area contributed by atoms with Crippen LogP contribution >= 0.6 is 0 Å². The molecule has 1 aliphatic carbocycles. The van der Waals surface area contributed by atoms with Crippen LogP contribution in [0.1, 0.15) is 88.5 Å². The Morgan fingerprint density at radius 2 is 1.71 bits per heavy atom. The number of carbonyl (C=O) groups excluding carboxylic acids is 1. The van der Waals surface area contributed by atoms with Gasteiger partial charge in [-0.1, -0.05) is 20.8 Å². The number of hydrogen-bond acceptors (Lipinski definition) is 4. The van der Waals surface area contributed by atoms with Crippen molar-refractivity contribution < 1.29 is 4.79 Å². The predicted molar refractivity (Wildman–Crippen MR) is 126 cm³/mol. The van der Waals surface area contributed by atoms with E-state index in [-0.39, 0.29) is 11.4 Å². The van der Waals surface area contributed by atoms with Crippen LogP contribution in [0.3, 0.4) is 0 Å². The highest BCUT2D eigenvalue weighted by Crippen LogP contribution is 2.41. The van der Waals surface area contributed by atoms with Crippen LogP contribution in [-0.4, -0.2) is 63.2 Å². The highest BCUT2D eigenvalue weighted by Gasteiger charge is 2.32. The highest BCUT2D eigenvalue weighted by atomic mass is 16.2. The maximum Gasteiger partial charge on any atom is 0.254 e. The van der Waals surface area contributed by atoms with Crippen molar-refractivity contribution in [3.8, 4) is 0 Å². The van der Waals surface area contributed by atoms with Crippen LogP contribution < -0.4 is 0 Å². The third-order valence-corrected chi connectivity index (χ3v) is 6.53. The van der Waals surface area contributed by atoms with Gasteiger partial charge in [-0.15, -0.1) is 0 Å². The molecule has 2 aromatic rings. The summed E-state index contributed by atoms with van der Waals surface area (Å²) in [7, 11) is 0. The summed E-state index contributed by atoms with van der Waals surface area (Å²) in [6.07, 6.45) is 3.52. The van der Waals surface area contributed by atoms with Crippen LogP contribution in [0.5, 0.6) is 0 Å². The van der Waals surface area contributed by atoms with Crippen LogP contribution in [0.15, 0.2) is 6.07 Å². The molecule has 6 heteroatoms. The molecule has 6 nitrogen and oxygen atoms in total. The highest BCUT2D eigenvalue weighted by molar-refractivity contribution is 6.06. The van der Waals surface area contributed by atoms with Crippen LogP contribution in [0.2, 0.25) is 0 Å². The molecule has 170 valence electrons. The molecule has 0 radical (unpaired) electrons. The molecule has 0 unspecified atom stereocenters. The molecule has 4 rings (SSSR count). The summed E-state index contributed by atoms with van der Waals surface area (Å²) < 4.78 is 2.00. The number of rotatable bonds is 4. The first-order valence-corrected chi connectivity index (χ1v) is 11.9. The Kier molecular flexibility index (Phi) is 5.65.